The van der Waals surface area contributed by atoms with Crippen molar-refractivity contribution >= 4 is 29.0 Å². The summed E-state index contributed by atoms with van der Waals surface area (Å²) in [6.45, 7) is 2.27. The molecule has 0 aliphatic heterocycles. The van der Waals surface area contributed by atoms with Crippen LogP contribution in [-0.4, -0.2) is 64.6 Å². The summed E-state index contributed by atoms with van der Waals surface area (Å²) in [5, 5.41) is 18.5. The summed E-state index contributed by atoms with van der Waals surface area (Å²) in [5.41, 5.74) is 1.48. The van der Waals surface area contributed by atoms with Crippen LogP contribution < -0.4 is 14.8 Å². The van der Waals surface area contributed by atoms with Crippen molar-refractivity contribution in [1.82, 2.24) is 40.0 Å². The number of tetrazole rings is 1. The number of ether oxygens (including phenoxy) is 2. The lowest BCUT2D eigenvalue weighted by molar-refractivity contribution is -0.120. The van der Waals surface area contributed by atoms with Gasteiger partial charge in [-0.15, -0.1) is 10.2 Å². The number of Topliss-reactive ketones (excluding diaryl/α,β-unsaturated/α-hetero) is 1. The van der Waals surface area contributed by atoms with Gasteiger partial charge in [-0.2, -0.15) is 4.39 Å². The number of aromatic nitrogens is 8. The third-order valence-corrected chi connectivity index (χ3v) is 6.65. The highest BCUT2D eigenvalue weighted by Gasteiger charge is 2.27. The van der Waals surface area contributed by atoms with Crippen LogP contribution in [0.3, 0.4) is 0 Å². The predicted molar refractivity (Wildman–Crippen MR) is 140 cm³/mol. The van der Waals surface area contributed by atoms with Gasteiger partial charge in [0.05, 0.1) is 23.8 Å². The van der Waals surface area contributed by atoms with E-state index < -0.39 is 12.8 Å². The maximum atomic E-state index is 13.8. The number of anilines is 2. The average molecular weight is 592 g/mol. The minimum Gasteiger partial charge on any atom is -0.487 e. The number of nitrogens with zero attached hydrogens (tertiary/aromatic N) is 8. The van der Waals surface area contributed by atoms with E-state index in [2.05, 4.69) is 35.9 Å². The van der Waals surface area contributed by atoms with Crippen molar-refractivity contribution in [3.63, 3.8) is 0 Å². The Kier molecular flexibility index (Phi) is 8.61. The van der Waals surface area contributed by atoms with Crippen molar-refractivity contribution in [2.45, 2.75) is 64.1 Å². The van der Waals surface area contributed by atoms with Gasteiger partial charge in [0.2, 0.25) is 5.95 Å². The Labute approximate surface area is 236 Å². The summed E-state index contributed by atoms with van der Waals surface area (Å²) in [6, 6.07) is 5.07. The molecule has 12 nitrogen and oxygen atoms in total. The van der Waals surface area contributed by atoms with E-state index in [1.807, 2.05) is 6.92 Å². The molecule has 0 saturated heterocycles. The third kappa shape index (κ3) is 7.09. The molecule has 3 heterocycles. The Balaban J connectivity index is 1.31. The number of nitrogens with one attached hydrogen (secondary N) is 1. The highest BCUT2D eigenvalue weighted by atomic mass is 35.5. The lowest BCUT2D eigenvalue weighted by Crippen LogP contribution is -2.21. The molecule has 5 rings (SSSR count). The second-order valence-corrected chi connectivity index (χ2v) is 9.83. The van der Waals surface area contributed by atoms with Crippen LogP contribution in [0, 0.1) is 0 Å². The lowest BCUT2D eigenvalue weighted by atomic mass is 9.95. The van der Waals surface area contributed by atoms with Crippen molar-refractivity contribution in [3.05, 3.63) is 48.1 Å². The first-order valence-electron chi connectivity index (χ1n) is 12.7. The molecule has 1 aliphatic rings. The fraction of sp³-hybridized carbons (Fsp3) is 0.400. The van der Waals surface area contributed by atoms with E-state index in [4.69, 9.17) is 21.1 Å². The Hall–Kier alpha value is -4.27. The molecule has 16 heteroatoms. The number of rotatable bonds is 11. The smallest absolute Gasteiger partial charge is 0.304 e. The monoisotopic (exact) mass is 591 g/mol. The maximum absolute atomic E-state index is 13.8. The second kappa shape index (κ2) is 12.5. The third-order valence-electron chi connectivity index (χ3n) is 6.33. The van der Waals surface area contributed by atoms with Gasteiger partial charge in [0.15, 0.2) is 0 Å². The number of alkyl halides is 3. The summed E-state index contributed by atoms with van der Waals surface area (Å²) in [6.07, 6.45) is 1.39. The number of halogens is 4. The number of benzene rings is 1. The molecular formula is C25H25ClF3N9O3. The van der Waals surface area contributed by atoms with Gasteiger partial charge in [-0.05, 0) is 47.9 Å². The molecule has 216 valence electrons. The Morgan fingerprint density at radius 1 is 1.12 bits per heavy atom. The van der Waals surface area contributed by atoms with E-state index in [0.717, 1.165) is 5.56 Å². The molecule has 2 unspecified atom stereocenters. The van der Waals surface area contributed by atoms with Gasteiger partial charge in [0, 0.05) is 30.8 Å². The Morgan fingerprint density at radius 3 is 2.56 bits per heavy atom. The van der Waals surface area contributed by atoms with Crippen LogP contribution in [0.4, 0.5) is 24.8 Å². The molecule has 41 heavy (non-hydrogen) atoms. The standard InChI is InChI=1S/C25H25ClF3N9O3/c1-14(11-37-13-32-35-36-37)40-21-8-15(2-7-19(21)26)16-9-30-25(31-10-16)33-20-12-38(17-3-5-18(39)6-4-17)34-24(20)41-23(29)22(27)28/h2,7-10,12-14,17,22-23H,3-6,11H2,1H3,(H,30,31,33). The van der Waals surface area contributed by atoms with Crippen LogP contribution in [-0.2, 0) is 11.3 Å². The fourth-order valence-electron chi connectivity index (χ4n) is 4.30. The van der Waals surface area contributed by atoms with Crippen LogP contribution in [0.1, 0.15) is 38.6 Å². The molecule has 1 N–H and O–H groups in total. The summed E-state index contributed by atoms with van der Waals surface area (Å²) < 4.78 is 53.2. The van der Waals surface area contributed by atoms with Gasteiger partial charge in [0.1, 0.15) is 29.7 Å². The zero-order valence-corrected chi connectivity index (χ0v) is 22.5. The molecule has 1 saturated carbocycles. The van der Waals surface area contributed by atoms with Crippen LogP contribution in [0.2, 0.25) is 5.02 Å². The number of carbonyl (C=O) groups excluding carboxylic acids is 1. The van der Waals surface area contributed by atoms with Crippen LogP contribution in [0.5, 0.6) is 11.6 Å². The van der Waals surface area contributed by atoms with E-state index >= 15 is 0 Å². The average Bonchev–Trinajstić information content (AvgIpc) is 3.61. The SMILES string of the molecule is CC(Cn1cnnn1)Oc1cc(-c2cnc(Nc3cn(C4CCC(=O)CC4)nc3OC(F)C(F)F)nc2)ccc1Cl. The topological polar surface area (TPSA) is 135 Å². The van der Waals surface area contributed by atoms with E-state index in [1.165, 1.54) is 17.2 Å². The van der Waals surface area contributed by atoms with E-state index in [0.29, 0.717) is 48.6 Å². The maximum Gasteiger partial charge on any atom is 0.304 e. The van der Waals surface area contributed by atoms with Crippen LogP contribution >= 0.6 is 11.6 Å². The minimum atomic E-state index is -3.35. The number of ketones is 1. The van der Waals surface area contributed by atoms with E-state index in [1.54, 1.807) is 35.3 Å². The highest BCUT2D eigenvalue weighted by molar-refractivity contribution is 6.32. The summed E-state index contributed by atoms with van der Waals surface area (Å²) in [4.78, 5) is 20.2. The molecule has 2 atom stereocenters. The van der Waals surface area contributed by atoms with Crippen molar-refractivity contribution < 1.29 is 27.4 Å². The van der Waals surface area contributed by atoms with Crippen molar-refractivity contribution in [1.29, 1.82) is 0 Å². The zero-order chi connectivity index (χ0) is 28.9. The van der Waals surface area contributed by atoms with Gasteiger partial charge >= 0.3 is 6.43 Å². The summed E-state index contributed by atoms with van der Waals surface area (Å²) in [7, 11) is 0. The first-order chi connectivity index (χ1) is 19.7. The largest absolute Gasteiger partial charge is 0.487 e. The molecule has 0 amide bonds. The predicted octanol–water partition coefficient (Wildman–Crippen LogP) is 4.81. The quantitative estimate of drug-likeness (QED) is 0.259. The fourth-order valence-corrected chi connectivity index (χ4v) is 4.46. The first kappa shape index (κ1) is 28.3. The van der Waals surface area contributed by atoms with E-state index in [-0.39, 0.29) is 35.4 Å². The first-order valence-corrected chi connectivity index (χ1v) is 13.1. The molecule has 1 aromatic carbocycles. The molecule has 1 aliphatic carbocycles. The van der Waals surface area contributed by atoms with Gasteiger partial charge < -0.3 is 14.8 Å². The van der Waals surface area contributed by atoms with Crippen molar-refractivity contribution in [2.75, 3.05) is 5.32 Å². The zero-order valence-electron chi connectivity index (χ0n) is 21.7. The Bertz CT molecular complexity index is 1460. The Morgan fingerprint density at radius 2 is 1.88 bits per heavy atom. The molecule has 1 fully saturated rings. The van der Waals surface area contributed by atoms with Crippen LogP contribution in [0.15, 0.2) is 43.1 Å². The lowest BCUT2D eigenvalue weighted by Gasteiger charge is -2.20. The van der Waals surface area contributed by atoms with Crippen LogP contribution in [0.25, 0.3) is 11.1 Å². The number of hydrogen-bond donors (Lipinski definition) is 1. The normalized spacial score (nSPS) is 15.6. The molecule has 0 spiro atoms. The van der Waals surface area contributed by atoms with Crippen molar-refractivity contribution in [3.8, 4) is 22.8 Å². The molecular weight excluding hydrogens is 567 g/mol. The molecule has 4 aromatic rings. The minimum absolute atomic E-state index is 0.102. The van der Waals surface area contributed by atoms with Gasteiger partial charge in [-0.3, -0.25) is 9.48 Å². The number of hydrogen-bond acceptors (Lipinski definition) is 10. The summed E-state index contributed by atoms with van der Waals surface area (Å²) in [5.74, 6) is 0.337. The molecule has 3 aromatic heterocycles. The van der Waals surface area contributed by atoms with Crippen molar-refractivity contribution in [2.24, 2.45) is 0 Å². The molecule has 0 bridgehead atoms. The highest BCUT2D eigenvalue weighted by Crippen LogP contribution is 2.34. The van der Waals surface area contributed by atoms with Gasteiger partial charge in [0.25, 0.3) is 12.2 Å². The number of carbonyl (C=O) groups is 1. The van der Waals surface area contributed by atoms with Gasteiger partial charge in [-0.1, -0.05) is 17.7 Å². The molecule has 0 radical (unpaired) electrons. The van der Waals surface area contributed by atoms with E-state index in [9.17, 15) is 18.0 Å². The summed E-state index contributed by atoms with van der Waals surface area (Å²) >= 11 is 6.34. The second-order valence-electron chi connectivity index (χ2n) is 9.43. The van der Waals surface area contributed by atoms with Gasteiger partial charge in [-0.25, -0.2) is 23.4 Å².